The number of anilines is 1. The van der Waals surface area contributed by atoms with E-state index in [4.69, 9.17) is 9.47 Å². The summed E-state index contributed by atoms with van der Waals surface area (Å²) in [5, 5.41) is 15.9. The molecule has 4 rings (SSSR count). The Bertz CT molecular complexity index is 1220. The van der Waals surface area contributed by atoms with E-state index in [1.165, 1.54) is 4.80 Å². The Morgan fingerprint density at radius 3 is 2.42 bits per heavy atom. The number of rotatable bonds is 11. The molecule has 0 radical (unpaired) electrons. The van der Waals surface area contributed by atoms with E-state index >= 15 is 0 Å². The largest absolute Gasteiger partial charge is 0.493 e. The first-order valence-electron chi connectivity index (χ1n) is 13.1. The highest BCUT2D eigenvalue weighted by Gasteiger charge is 2.33. The van der Waals surface area contributed by atoms with Crippen LogP contribution in [0.4, 0.5) is 5.69 Å². The Kier molecular flexibility index (Phi) is 8.93. The summed E-state index contributed by atoms with van der Waals surface area (Å²) < 4.78 is 10.7. The standard InChI is InChI=1S/C28H36N6O4/c1-19(2)16-23(28(36)29-21-10-8-9-11-21)34(22-12-6-5-7-13-22)26(35)18-33-31-27(30-32-33)20-14-15-24(37-3)25(17-20)38-4/h5-7,12-15,17,19,21,23H,8-11,16,18H2,1-4H3,(H,29,36)/t23-/m1/s1. The normalized spacial score (nSPS) is 14.3. The molecule has 0 spiro atoms. The summed E-state index contributed by atoms with van der Waals surface area (Å²) in [6.07, 6.45) is 4.70. The zero-order chi connectivity index (χ0) is 27.1. The molecule has 0 saturated heterocycles. The molecule has 10 heteroatoms. The van der Waals surface area contributed by atoms with Crippen LogP contribution in [0.25, 0.3) is 11.4 Å². The first-order valence-corrected chi connectivity index (χ1v) is 13.1. The number of hydrogen-bond donors (Lipinski definition) is 1. The van der Waals surface area contributed by atoms with Crippen LogP contribution < -0.4 is 19.7 Å². The molecule has 2 amide bonds. The number of carbonyl (C=O) groups excluding carboxylic acids is 2. The predicted octanol–water partition coefficient (Wildman–Crippen LogP) is 3.86. The topological polar surface area (TPSA) is 111 Å². The van der Waals surface area contributed by atoms with Gasteiger partial charge >= 0.3 is 0 Å². The van der Waals surface area contributed by atoms with E-state index in [2.05, 4.69) is 34.6 Å². The molecule has 0 aliphatic heterocycles. The number of benzene rings is 2. The third-order valence-corrected chi connectivity index (χ3v) is 6.68. The van der Waals surface area contributed by atoms with Gasteiger partial charge in [-0.2, -0.15) is 4.80 Å². The van der Waals surface area contributed by atoms with Crippen LogP contribution in [0.5, 0.6) is 11.5 Å². The van der Waals surface area contributed by atoms with Crippen molar-refractivity contribution in [3.05, 3.63) is 48.5 Å². The number of aromatic nitrogens is 4. The number of methoxy groups -OCH3 is 2. The highest BCUT2D eigenvalue weighted by molar-refractivity contribution is 6.00. The number of ether oxygens (including phenoxy) is 2. The number of carbonyl (C=O) groups is 2. The minimum atomic E-state index is -0.653. The molecule has 0 bridgehead atoms. The lowest BCUT2D eigenvalue weighted by atomic mass is 10.00. The summed E-state index contributed by atoms with van der Waals surface area (Å²) in [6.45, 7) is 3.94. The van der Waals surface area contributed by atoms with Gasteiger partial charge in [0.25, 0.3) is 5.91 Å². The summed E-state index contributed by atoms with van der Waals surface area (Å²) in [7, 11) is 3.12. The Balaban J connectivity index is 1.59. The lowest BCUT2D eigenvalue weighted by Crippen LogP contribution is -2.53. The van der Waals surface area contributed by atoms with Crippen molar-refractivity contribution in [1.82, 2.24) is 25.5 Å². The van der Waals surface area contributed by atoms with E-state index in [1.807, 2.05) is 30.3 Å². The predicted molar refractivity (Wildman–Crippen MR) is 144 cm³/mol. The molecule has 10 nitrogen and oxygen atoms in total. The third kappa shape index (κ3) is 6.48. The van der Waals surface area contributed by atoms with E-state index in [0.29, 0.717) is 35.0 Å². The number of tetrazole rings is 1. The van der Waals surface area contributed by atoms with Crippen LogP contribution in [0.15, 0.2) is 48.5 Å². The van der Waals surface area contributed by atoms with Crippen LogP contribution in [0.2, 0.25) is 0 Å². The molecule has 2 aromatic carbocycles. The van der Waals surface area contributed by atoms with Gasteiger partial charge in [0.1, 0.15) is 12.6 Å². The fourth-order valence-corrected chi connectivity index (χ4v) is 4.83. The van der Waals surface area contributed by atoms with Gasteiger partial charge in [-0.3, -0.25) is 14.5 Å². The smallest absolute Gasteiger partial charge is 0.251 e. The van der Waals surface area contributed by atoms with Gasteiger partial charge in [0.15, 0.2) is 11.5 Å². The lowest BCUT2D eigenvalue weighted by molar-refractivity contribution is -0.127. The van der Waals surface area contributed by atoms with Gasteiger partial charge in [0.2, 0.25) is 11.7 Å². The monoisotopic (exact) mass is 520 g/mol. The van der Waals surface area contributed by atoms with Gasteiger partial charge in [-0.25, -0.2) is 0 Å². The van der Waals surface area contributed by atoms with E-state index in [-0.39, 0.29) is 30.3 Å². The number of amides is 2. The van der Waals surface area contributed by atoms with Crippen LogP contribution in [-0.4, -0.2) is 58.3 Å². The molecule has 1 atom stereocenters. The Hall–Kier alpha value is -3.95. The van der Waals surface area contributed by atoms with Crippen molar-refractivity contribution in [2.45, 2.75) is 64.6 Å². The first-order chi connectivity index (χ1) is 18.4. The molecular weight excluding hydrogens is 484 g/mol. The highest BCUT2D eigenvalue weighted by atomic mass is 16.5. The molecule has 1 fully saturated rings. The minimum absolute atomic E-state index is 0.125. The second-order valence-electron chi connectivity index (χ2n) is 9.95. The Labute approximate surface area is 223 Å². The highest BCUT2D eigenvalue weighted by Crippen LogP contribution is 2.31. The quantitative estimate of drug-likeness (QED) is 0.409. The fraction of sp³-hybridized carbons (Fsp3) is 0.464. The average molecular weight is 521 g/mol. The summed E-state index contributed by atoms with van der Waals surface area (Å²) in [5.41, 5.74) is 1.33. The second-order valence-corrected chi connectivity index (χ2v) is 9.95. The molecule has 38 heavy (non-hydrogen) atoms. The Morgan fingerprint density at radius 2 is 1.76 bits per heavy atom. The number of para-hydroxylation sites is 1. The Morgan fingerprint density at radius 1 is 1.05 bits per heavy atom. The average Bonchev–Trinajstić information content (AvgIpc) is 3.60. The maximum atomic E-state index is 13.8. The lowest BCUT2D eigenvalue weighted by Gasteiger charge is -2.33. The molecule has 0 unspecified atom stereocenters. The molecule has 1 heterocycles. The van der Waals surface area contributed by atoms with Gasteiger partial charge in [-0.05, 0) is 60.7 Å². The van der Waals surface area contributed by atoms with Gasteiger partial charge in [0, 0.05) is 17.3 Å². The summed E-state index contributed by atoms with van der Waals surface area (Å²) >= 11 is 0. The SMILES string of the molecule is COc1ccc(-c2nnn(CC(=O)N(c3ccccc3)[C@H](CC(C)C)C(=O)NC3CCCC3)n2)cc1OC. The van der Waals surface area contributed by atoms with Crippen LogP contribution in [0, 0.1) is 5.92 Å². The molecule has 1 aromatic heterocycles. The van der Waals surface area contributed by atoms with Crippen molar-refractivity contribution in [3.63, 3.8) is 0 Å². The molecule has 1 saturated carbocycles. The molecular formula is C28H36N6O4. The summed E-state index contributed by atoms with van der Waals surface area (Å²) in [6, 6.07) is 14.1. The molecule has 202 valence electrons. The summed E-state index contributed by atoms with van der Waals surface area (Å²) in [5.74, 6) is 1.26. The van der Waals surface area contributed by atoms with Gasteiger partial charge in [-0.15, -0.1) is 10.2 Å². The third-order valence-electron chi connectivity index (χ3n) is 6.68. The van der Waals surface area contributed by atoms with Crippen molar-refractivity contribution in [2.24, 2.45) is 5.92 Å². The zero-order valence-electron chi connectivity index (χ0n) is 22.5. The maximum absolute atomic E-state index is 13.8. The molecule has 1 aliphatic carbocycles. The van der Waals surface area contributed by atoms with E-state index in [9.17, 15) is 9.59 Å². The van der Waals surface area contributed by atoms with Crippen LogP contribution in [-0.2, 0) is 16.1 Å². The van der Waals surface area contributed by atoms with Gasteiger partial charge in [-0.1, -0.05) is 44.9 Å². The van der Waals surface area contributed by atoms with Crippen molar-refractivity contribution in [2.75, 3.05) is 19.1 Å². The van der Waals surface area contributed by atoms with E-state index in [0.717, 1.165) is 25.7 Å². The van der Waals surface area contributed by atoms with Crippen molar-refractivity contribution in [3.8, 4) is 22.9 Å². The fourth-order valence-electron chi connectivity index (χ4n) is 4.83. The number of nitrogens with zero attached hydrogens (tertiary/aromatic N) is 5. The van der Waals surface area contributed by atoms with Gasteiger partial charge < -0.3 is 14.8 Å². The minimum Gasteiger partial charge on any atom is -0.493 e. The number of nitrogens with one attached hydrogen (secondary N) is 1. The molecule has 1 aliphatic rings. The van der Waals surface area contributed by atoms with Crippen molar-refractivity contribution >= 4 is 17.5 Å². The van der Waals surface area contributed by atoms with E-state index in [1.54, 1.807) is 37.3 Å². The van der Waals surface area contributed by atoms with Crippen LogP contribution >= 0.6 is 0 Å². The van der Waals surface area contributed by atoms with Crippen LogP contribution in [0.1, 0.15) is 46.0 Å². The van der Waals surface area contributed by atoms with Crippen molar-refractivity contribution < 1.29 is 19.1 Å². The number of hydrogen-bond acceptors (Lipinski definition) is 7. The second kappa shape index (κ2) is 12.5. The summed E-state index contributed by atoms with van der Waals surface area (Å²) in [4.78, 5) is 30.2. The molecule has 3 aromatic rings. The first kappa shape index (κ1) is 27.1. The van der Waals surface area contributed by atoms with Gasteiger partial charge in [0.05, 0.1) is 14.2 Å². The van der Waals surface area contributed by atoms with E-state index < -0.39 is 6.04 Å². The van der Waals surface area contributed by atoms with Crippen LogP contribution in [0.3, 0.4) is 0 Å². The maximum Gasteiger partial charge on any atom is 0.251 e. The van der Waals surface area contributed by atoms with Crippen molar-refractivity contribution in [1.29, 1.82) is 0 Å². The molecule has 1 N–H and O–H groups in total. The zero-order valence-corrected chi connectivity index (χ0v) is 22.5.